The molecule has 2 amide bonds. The highest BCUT2D eigenvalue weighted by Crippen LogP contribution is 2.30. The molecule has 0 aliphatic heterocycles. The zero-order chi connectivity index (χ0) is 19.3. The Morgan fingerprint density at radius 3 is 2.46 bits per heavy atom. The normalized spacial score (nSPS) is 14.3. The Morgan fingerprint density at radius 2 is 1.82 bits per heavy atom. The van der Waals surface area contributed by atoms with Crippen LogP contribution in [-0.4, -0.2) is 21.8 Å². The summed E-state index contributed by atoms with van der Waals surface area (Å²) in [5, 5.41) is 5.97. The summed E-state index contributed by atoms with van der Waals surface area (Å²) in [5.41, 5.74) is 2.27. The number of nitrogens with one attached hydrogen (secondary N) is 3. The summed E-state index contributed by atoms with van der Waals surface area (Å²) in [5.74, 6) is 0.851. The van der Waals surface area contributed by atoms with Crippen molar-refractivity contribution in [1.82, 2.24) is 15.3 Å². The van der Waals surface area contributed by atoms with E-state index < -0.39 is 0 Å². The van der Waals surface area contributed by atoms with Gasteiger partial charge in [0.25, 0.3) is 5.91 Å². The fourth-order valence-electron chi connectivity index (χ4n) is 3.08. The second-order valence-corrected chi connectivity index (χ2v) is 7.02. The number of aromatic amines is 1. The van der Waals surface area contributed by atoms with Crippen LogP contribution in [0.4, 0.5) is 5.69 Å². The van der Waals surface area contributed by atoms with Gasteiger partial charge in [-0.3, -0.25) is 9.59 Å². The van der Waals surface area contributed by atoms with Crippen molar-refractivity contribution in [2.24, 2.45) is 5.92 Å². The third kappa shape index (κ3) is 4.46. The number of imidazole rings is 1. The van der Waals surface area contributed by atoms with Gasteiger partial charge in [-0.2, -0.15) is 0 Å². The van der Waals surface area contributed by atoms with Crippen LogP contribution in [0.2, 0.25) is 0 Å². The van der Waals surface area contributed by atoms with E-state index in [1.165, 1.54) is 0 Å². The summed E-state index contributed by atoms with van der Waals surface area (Å²) >= 11 is 0. The molecule has 0 radical (unpaired) electrons. The van der Waals surface area contributed by atoms with Crippen LogP contribution in [0.15, 0.2) is 67.0 Å². The Hall–Kier alpha value is -3.41. The molecule has 3 N–H and O–H groups in total. The summed E-state index contributed by atoms with van der Waals surface area (Å²) in [7, 11) is 0. The highest BCUT2D eigenvalue weighted by molar-refractivity contribution is 5.97. The Morgan fingerprint density at radius 1 is 1.07 bits per heavy atom. The van der Waals surface area contributed by atoms with Gasteiger partial charge >= 0.3 is 0 Å². The maximum absolute atomic E-state index is 12.8. The molecule has 4 rings (SSSR count). The van der Waals surface area contributed by atoms with E-state index in [2.05, 4.69) is 20.6 Å². The molecule has 1 heterocycles. The molecule has 1 aromatic heterocycles. The minimum Gasteiger partial charge on any atom is -0.349 e. The molecule has 6 heteroatoms. The van der Waals surface area contributed by atoms with Crippen molar-refractivity contribution in [2.75, 3.05) is 5.32 Å². The van der Waals surface area contributed by atoms with E-state index in [1.54, 1.807) is 36.7 Å². The first-order valence-corrected chi connectivity index (χ1v) is 9.44. The summed E-state index contributed by atoms with van der Waals surface area (Å²) < 4.78 is 0. The maximum Gasteiger partial charge on any atom is 0.251 e. The number of rotatable bonds is 7. The molecule has 3 aromatic rings. The van der Waals surface area contributed by atoms with Gasteiger partial charge in [0.2, 0.25) is 5.91 Å². The Bertz CT molecular complexity index is 932. The van der Waals surface area contributed by atoms with Gasteiger partial charge in [0.15, 0.2) is 0 Å². The lowest BCUT2D eigenvalue weighted by Crippen LogP contribution is -2.30. The van der Waals surface area contributed by atoms with E-state index in [1.807, 2.05) is 30.3 Å². The van der Waals surface area contributed by atoms with Crippen LogP contribution in [0.5, 0.6) is 0 Å². The average Bonchev–Trinajstić information content (AvgIpc) is 3.46. The fraction of sp³-hybridized carbons (Fsp3) is 0.227. The zero-order valence-electron chi connectivity index (χ0n) is 15.4. The number of carbonyl (C=O) groups excluding carboxylic acids is 2. The number of hydrogen-bond acceptors (Lipinski definition) is 3. The summed E-state index contributed by atoms with van der Waals surface area (Å²) in [6, 6.07) is 16.6. The molecule has 1 saturated carbocycles. The molecule has 2 aromatic carbocycles. The lowest BCUT2D eigenvalue weighted by molar-refractivity contribution is -0.117. The molecule has 1 aliphatic carbocycles. The van der Waals surface area contributed by atoms with Gasteiger partial charge in [-0.25, -0.2) is 4.98 Å². The molecule has 0 unspecified atom stereocenters. The molecule has 1 fully saturated rings. The summed E-state index contributed by atoms with van der Waals surface area (Å²) in [4.78, 5) is 32.0. The first-order chi connectivity index (χ1) is 13.7. The highest BCUT2D eigenvalue weighted by Gasteiger charge is 2.29. The number of anilines is 1. The third-order valence-electron chi connectivity index (χ3n) is 4.82. The van der Waals surface area contributed by atoms with E-state index in [9.17, 15) is 9.59 Å². The first-order valence-electron chi connectivity index (χ1n) is 9.44. The summed E-state index contributed by atoms with van der Waals surface area (Å²) in [6.45, 7) is 0. The van der Waals surface area contributed by atoms with Crippen molar-refractivity contribution >= 4 is 17.5 Å². The van der Waals surface area contributed by atoms with Gasteiger partial charge in [-0.1, -0.05) is 30.3 Å². The molecule has 1 atom stereocenters. The second-order valence-electron chi connectivity index (χ2n) is 7.02. The molecular formula is C22H22N4O2. The average molecular weight is 374 g/mol. The molecule has 0 bridgehead atoms. The van der Waals surface area contributed by atoms with Gasteiger partial charge in [0.05, 0.1) is 6.04 Å². The van der Waals surface area contributed by atoms with Crippen LogP contribution in [0, 0.1) is 5.92 Å². The van der Waals surface area contributed by atoms with Gasteiger partial charge in [-0.05, 0) is 42.7 Å². The Labute approximate surface area is 163 Å². The van der Waals surface area contributed by atoms with Crippen molar-refractivity contribution < 1.29 is 9.59 Å². The van der Waals surface area contributed by atoms with Crippen molar-refractivity contribution in [3.8, 4) is 0 Å². The van der Waals surface area contributed by atoms with Crippen LogP contribution < -0.4 is 10.6 Å². The number of H-pyrrole nitrogens is 1. The lowest BCUT2D eigenvalue weighted by atomic mass is 10.0. The van der Waals surface area contributed by atoms with Crippen molar-refractivity contribution in [3.63, 3.8) is 0 Å². The van der Waals surface area contributed by atoms with Crippen LogP contribution in [0.25, 0.3) is 0 Å². The molecular weight excluding hydrogens is 352 g/mol. The van der Waals surface area contributed by atoms with Crippen LogP contribution in [0.1, 0.15) is 40.6 Å². The molecule has 1 aliphatic rings. The standard InChI is InChI=1S/C22H22N4O2/c27-21(16-6-7-16)25-18-10-8-17(9-11-18)22(28)26-19(14-20-23-12-13-24-20)15-4-2-1-3-5-15/h1-5,8-13,16,19H,6-7,14H2,(H,23,24)(H,25,27)(H,26,28)/t19-/m1/s1. The first kappa shape index (κ1) is 18.0. The number of hydrogen-bond donors (Lipinski definition) is 3. The van der Waals surface area contributed by atoms with Crippen molar-refractivity contribution in [2.45, 2.75) is 25.3 Å². The Balaban J connectivity index is 1.45. The number of amides is 2. The number of carbonyl (C=O) groups is 2. The minimum absolute atomic E-state index is 0.0554. The Kier molecular flexibility index (Phi) is 5.19. The molecule has 142 valence electrons. The molecule has 0 saturated heterocycles. The van der Waals surface area contributed by atoms with E-state index >= 15 is 0 Å². The zero-order valence-corrected chi connectivity index (χ0v) is 15.4. The minimum atomic E-state index is -0.200. The topological polar surface area (TPSA) is 86.9 Å². The van der Waals surface area contributed by atoms with Gasteiger partial charge < -0.3 is 15.6 Å². The largest absolute Gasteiger partial charge is 0.349 e. The number of benzene rings is 2. The smallest absolute Gasteiger partial charge is 0.251 e. The van der Waals surface area contributed by atoms with Crippen molar-refractivity contribution in [3.05, 3.63) is 83.9 Å². The van der Waals surface area contributed by atoms with Gasteiger partial charge in [0.1, 0.15) is 5.82 Å². The van der Waals surface area contributed by atoms with Gasteiger partial charge in [0, 0.05) is 36.0 Å². The number of aromatic nitrogens is 2. The maximum atomic E-state index is 12.8. The van der Waals surface area contributed by atoms with Crippen LogP contribution in [-0.2, 0) is 11.2 Å². The SMILES string of the molecule is O=C(N[C@H](Cc1ncc[nH]1)c1ccccc1)c1ccc(NC(=O)C2CC2)cc1. The van der Waals surface area contributed by atoms with E-state index in [0.717, 1.165) is 24.2 Å². The van der Waals surface area contributed by atoms with Crippen molar-refractivity contribution in [1.29, 1.82) is 0 Å². The second kappa shape index (κ2) is 8.08. The summed E-state index contributed by atoms with van der Waals surface area (Å²) in [6.07, 6.45) is 5.96. The van der Waals surface area contributed by atoms with E-state index in [-0.39, 0.29) is 23.8 Å². The van der Waals surface area contributed by atoms with Gasteiger partial charge in [-0.15, -0.1) is 0 Å². The lowest BCUT2D eigenvalue weighted by Gasteiger charge is -2.18. The quantitative estimate of drug-likeness (QED) is 0.592. The van der Waals surface area contributed by atoms with E-state index in [0.29, 0.717) is 17.7 Å². The monoisotopic (exact) mass is 374 g/mol. The fourth-order valence-corrected chi connectivity index (χ4v) is 3.08. The predicted octanol–water partition coefficient (Wildman–Crippen LogP) is 3.47. The predicted molar refractivity (Wildman–Crippen MR) is 107 cm³/mol. The van der Waals surface area contributed by atoms with Crippen LogP contribution in [0.3, 0.4) is 0 Å². The molecule has 28 heavy (non-hydrogen) atoms. The van der Waals surface area contributed by atoms with E-state index in [4.69, 9.17) is 0 Å². The van der Waals surface area contributed by atoms with Crippen LogP contribution >= 0.6 is 0 Å². The highest BCUT2D eigenvalue weighted by atomic mass is 16.2. The number of nitrogens with zero attached hydrogens (tertiary/aromatic N) is 1. The molecule has 6 nitrogen and oxygen atoms in total. The third-order valence-corrected chi connectivity index (χ3v) is 4.82. The molecule has 0 spiro atoms.